The van der Waals surface area contributed by atoms with Gasteiger partial charge in [0.2, 0.25) is 5.91 Å². The van der Waals surface area contributed by atoms with Gasteiger partial charge in [-0.3, -0.25) is 9.78 Å². The van der Waals surface area contributed by atoms with Crippen LogP contribution in [0.3, 0.4) is 0 Å². The molecule has 2 saturated heterocycles. The fourth-order valence-corrected chi connectivity index (χ4v) is 4.55. The molecule has 2 aromatic rings. The van der Waals surface area contributed by atoms with Crippen molar-refractivity contribution in [2.24, 2.45) is 11.8 Å². The molecule has 2 aliphatic rings. The minimum absolute atomic E-state index is 0. The lowest BCUT2D eigenvalue weighted by atomic mass is 9.92. The molecule has 4 heterocycles. The van der Waals surface area contributed by atoms with E-state index in [2.05, 4.69) is 15.3 Å². The molecule has 4 rings (SSSR count). The van der Waals surface area contributed by atoms with Crippen molar-refractivity contribution < 1.29 is 4.79 Å². The molecule has 142 valence electrons. The summed E-state index contributed by atoms with van der Waals surface area (Å²) in [6.45, 7) is 4.02. The Morgan fingerprint density at radius 2 is 1.96 bits per heavy atom. The first-order valence-corrected chi connectivity index (χ1v) is 9.51. The molecule has 0 spiro atoms. The maximum Gasteiger partial charge on any atom is 0.228 e. The van der Waals surface area contributed by atoms with Crippen molar-refractivity contribution in [3.8, 4) is 10.6 Å². The molecule has 0 aromatic carbocycles. The second kappa shape index (κ2) is 9.65. The smallest absolute Gasteiger partial charge is 0.228 e. The lowest BCUT2D eigenvalue weighted by Crippen LogP contribution is -2.34. The summed E-state index contributed by atoms with van der Waals surface area (Å²) in [5.74, 6) is 1.71. The van der Waals surface area contributed by atoms with Crippen LogP contribution in [-0.4, -0.2) is 47.0 Å². The number of carbonyl (C=O) groups is 1. The Morgan fingerprint density at radius 3 is 2.62 bits per heavy atom. The number of aromatic nitrogens is 2. The van der Waals surface area contributed by atoms with Crippen LogP contribution in [-0.2, 0) is 11.2 Å². The predicted molar refractivity (Wildman–Crippen MR) is 109 cm³/mol. The molecule has 2 aliphatic heterocycles. The van der Waals surface area contributed by atoms with E-state index in [9.17, 15) is 4.79 Å². The van der Waals surface area contributed by atoms with Gasteiger partial charge in [0.05, 0.1) is 12.1 Å². The summed E-state index contributed by atoms with van der Waals surface area (Å²) in [6.07, 6.45) is 6.23. The number of nitrogens with zero attached hydrogens (tertiary/aromatic N) is 3. The zero-order valence-corrected chi connectivity index (χ0v) is 16.9. The van der Waals surface area contributed by atoms with Gasteiger partial charge in [0.25, 0.3) is 0 Å². The Kier molecular flexibility index (Phi) is 7.83. The van der Waals surface area contributed by atoms with Gasteiger partial charge >= 0.3 is 0 Å². The van der Waals surface area contributed by atoms with Crippen molar-refractivity contribution >= 4 is 42.1 Å². The number of carbonyl (C=O) groups excluding carboxylic acids is 1. The van der Waals surface area contributed by atoms with Crippen molar-refractivity contribution in [3.63, 3.8) is 0 Å². The molecule has 2 atom stereocenters. The van der Waals surface area contributed by atoms with Crippen molar-refractivity contribution in [2.75, 3.05) is 26.2 Å². The van der Waals surface area contributed by atoms with E-state index in [1.54, 1.807) is 17.5 Å². The molecular weight excluding hydrogens is 391 g/mol. The van der Waals surface area contributed by atoms with E-state index in [0.29, 0.717) is 6.42 Å². The summed E-state index contributed by atoms with van der Waals surface area (Å²) in [5.41, 5.74) is 1.88. The second-order valence-electron chi connectivity index (χ2n) is 6.70. The molecule has 0 bridgehead atoms. The van der Waals surface area contributed by atoms with Crippen LogP contribution in [0, 0.1) is 11.8 Å². The molecular formula is C18H24Cl2N4OS. The summed E-state index contributed by atoms with van der Waals surface area (Å²) in [7, 11) is 0. The standard InChI is InChI=1S/C18H22N4OS.2ClH/c23-17(22-6-3-13-9-20-10-14(13)4-7-22)8-16-12-24-18(21-16)15-2-1-5-19-11-15;;/h1-2,5,11-14,20H,3-4,6-10H2;2*1H/t13-,14+;;. The molecule has 5 nitrogen and oxygen atoms in total. The number of thiazole rings is 1. The number of nitrogens with one attached hydrogen (secondary N) is 1. The number of hydrogen-bond acceptors (Lipinski definition) is 5. The SMILES string of the molecule is Cl.Cl.O=C(Cc1csc(-c2cccnc2)n1)N1CC[C@@H]2CNC[C@@H]2CC1. The van der Waals surface area contributed by atoms with Gasteiger partial charge in [0.1, 0.15) is 5.01 Å². The normalized spacial score (nSPS) is 21.9. The van der Waals surface area contributed by atoms with Gasteiger partial charge in [-0.05, 0) is 49.9 Å². The number of amides is 1. The molecule has 0 aliphatic carbocycles. The summed E-state index contributed by atoms with van der Waals surface area (Å²) < 4.78 is 0. The van der Waals surface area contributed by atoms with Gasteiger partial charge in [-0.1, -0.05) is 0 Å². The van der Waals surface area contributed by atoms with E-state index < -0.39 is 0 Å². The van der Waals surface area contributed by atoms with Gasteiger partial charge in [0, 0.05) is 36.4 Å². The molecule has 8 heteroatoms. The van der Waals surface area contributed by atoms with Gasteiger partial charge in [-0.15, -0.1) is 36.2 Å². The number of likely N-dealkylation sites (tertiary alicyclic amines) is 1. The lowest BCUT2D eigenvalue weighted by molar-refractivity contribution is -0.130. The first-order valence-electron chi connectivity index (χ1n) is 8.63. The van der Waals surface area contributed by atoms with Crippen molar-refractivity contribution in [3.05, 3.63) is 35.6 Å². The first-order chi connectivity index (χ1) is 11.8. The third-order valence-electron chi connectivity index (χ3n) is 5.16. The van der Waals surface area contributed by atoms with Crippen LogP contribution >= 0.6 is 36.2 Å². The fourth-order valence-electron chi connectivity index (χ4n) is 3.74. The van der Waals surface area contributed by atoms with Crippen LogP contribution in [0.25, 0.3) is 10.6 Å². The van der Waals surface area contributed by atoms with Crippen LogP contribution in [0.4, 0.5) is 0 Å². The zero-order chi connectivity index (χ0) is 16.4. The first kappa shape index (κ1) is 21.1. The Hall–Kier alpha value is -1.21. The zero-order valence-electron chi connectivity index (χ0n) is 14.5. The number of hydrogen-bond donors (Lipinski definition) is 1. The maximum atomic E-state index is 12.6. The van der Waals surface area contributed by atoms with Crippen LogP contribution in [0.1, 0.15) is 18.5 Å². The number of pyridine rings is 1. The Labute approximate surface area is 170 Å². The minimum Gasteiger partial charge on any atom is -0.342 e. The van der Waals surface area contributed by atoms with E-state index in [0.717, 1.165) is 67.1 Å². The molecule has 1 amide bonds. The topological polar surface area (TPSA) is 58.1 Å². The second-order valence-corrected chi connectivity index (χ2v) is 7.56. The van der Waals surface area contributed by atoms with E-state index in [1.807, 2.05) is 28.6 Å². The van der Waals surface area contributed by atoms with Gasteiger partial charge < -0.3 is 10.2 Å². The molecule has 0 saturated carbocycles. The molecule has 1 N–H and O–H groups in total. The van der Waals surface area contributed by atoms with Crippen LogP contribution in [0.15, 0.2) is 29.9 Å². The average Bonchev–Trinajstić information content (AvgIpc) is 3.21. The molecule has 26 heavy (non-hydrogen) atoms. The highest BCUT2D eigenvalue weighted by Gasteiger charge is 2.31. The van der Waals surface area contributed by atoms with Crippen molar-refractivity contribution in [1.82, 2.24) is 20.2 Å². The van der Waals surface area contributed by atoms with Crippen molar-refractivity contribution in [2.45, 2.75) is 19.3 Å². The van der Waals surface area contributed by atoms with E-state index in [-0.39, 0.29) is 30.7 Å². The third-order valence-corrected chi connectivity index (χ3v) is 6.10. The third kappa shape index (κ3) is 4.74. The van der Waals surface area contributed by atoms with Gasteiger partial charge in [0.15, 0.2) is 0 Å². The van der Waals surface area contributed by atoms with Gasteiger partial charge in [-0.25, -0.2) is 4.98 Å². The number of fused-ring (bicyclic) bond motifs is 1. The molecule has 0 unspecified atom stereocenters. The average molecular weight is 415 g/mol. The largest absolute Gasteiger partial charge is 0.342 e. The summed E-state index contributed by atoms with van der Waals surface area (Å²) in [5, 5.41) is 6.41. The fraction of sp³-hybridized carbons (Fsp3) is 0.500. The Bertz CT molecular complexity index is 698. The Morgan fingerprint density at radius 1 is 1.23 bits per heavy atom. The van der Waals surface area contributed by atoms with Crippen LogP contribution in [0.5, 0.6) is 0 Å². The number of halogens is 2. The number of rotatable bonds is 3. The van der Waals surface area contributed by atoms with Gasteiger partial charge in [-0.2, -0.15) is 0 Å². The molecule has 2 fully saturated rings. The molecule has 0 radical (unpaired) electrons. The molecule has 2 aromatic heterocycles. The maximum absolute atomic E-state index is 12.6. The van der Waals surface area contributed by atoms with Crippen LogP contribution < -0.4 is 5.32 Å². The quantitative estimate of drug-likeness (QED) is 0.837. The van der Waals surface area contributed by atoms with E-state index in [1.165, 1.54) is 0 Å². The highest BCUT2D eigenvalue weighted by atomic mass is 35.5. The van der Waals surface area contributed by atoms with Crippen LogP contribution in [0.2, 0.25) is 0 Å². The predicted octanol–water partition coefficient (Wildman–Crippen LogP) is 3.05. The summed E-state index contributed by atoms with van der Waals surface area (Å²) in [4.78, 5) is 23.4. The van der Waals surface area contributed by atoms with E-state index >= 15 is 0 Å². The minimum atomic E-state index is 0. The van der Waals surface area contributed by atoms with Crippen molar-refractivity contribution in [1.29, 1.82) is 0 Å². The highest BCUT2D eigenvalue weighted by Crippen LogP contribution is 2.28. The summed E-state index contributed by atoms with van der Waals surface area (Å²) >= 11 is 1.58. The highest BCUT2D eigenvalue weighted by molar-refractivity contribution is 7.13. The summed E-state index contributed by atoms with van der Waals surface area (Å²) in [6, 6.07) is 3.91. The lowest BCUT2D eigenvalue weighted by Gasteiger charge is -2.20. The Balaban J connectivity index is 0.00000121. The van der Waals surface area contributed by atoms with E-state index in [4.69, 9.17) is 0 Å². The monoisotopic (exact) mass is 414 g/mol.